The van der Waals surface area contributed by atoms with Crippen molar-refractivity contribution in [3.05, 3.63) is 0 Å². The Balaban J connectivity index is 1.97. The van der Waals surface area contributed by atoms with Crippen LogP contribution in [0.4, 0.5) is 0 Å². The molecule has 14 heavy (non-hydrogen) atoms. The molecule has 0 spiro atoms. The minimum Gasteiger partial charge on any atom is -0.388 e. The summed E-state index contributed by atoms with van der Waals surface area (Å²) in [4.78, 5) is 2.51. The van der Waals surface area contributed by atoms with Gasteiger partial charge < -0.3 is 5.11 Å². The largest absolute Gasteiger partial charge is 0.388 e. The Hall–Kier alpha value is -0.0800. The molecular formula is C12H23NO. The highest BCUT2D eigenvalue weighted by Gasteiger charge is 2.45. The Bertz CT molecular complexity index is 195. The maximum absolute atomic E-state index is 10.6. The van der Waals surface area contributed by atoms with Crippen LogP contribution in [0.1, 0.15) is 51.9 Å². The van der Waals surface area contributed by atoms with Gasteiger partial charge in [0.1, 0.15) is 0 Å². The van der Waals surface area contributed by atoms with Crippen LogP contribution in [0.15, 0.2) is 0 Å². The summed E-state index contributed by atoms with van der Waals surface area (Å²) in [5.74, 6) is 0. The monoisotopic (exact) mass is 197 g/mol. The molecule has 2 saturated heterocycles. The molecule has 0 saturated carbocycles. The normalized spacial score (nSPS) is 38.6. The van der Waals surface area contributed by atoms with Gasteiger partial charge in [-0.2, -0.15) is 0 Å². The van der Waals surface area contributed by atoms with Crippen LogP contribution >= 0.6 is 0 Å². The maximum atomic E-state index is 10.6. The Labute approximate surface area is 87.3 Å². The summed E-state index contributed by atoms with van der Waals surface area (Å²) >= 11 is 0. The summed E-state index contributed by atoms with van der Waals surface area (Å²) in [7, 11) is 0. The van der Waals surface area contributed by atoms with Gasteiger partial charge >= 0.3 is 0 Å². The highest BCUT2D eigenvalue weighted by atomic mass is 16.3. The number of fused-ring (bicyclic) bond motifs is 1. The molecule has 2 nitrogen and oxygen atoms in total. The highest BCUT2D eigenvalue weighted by Crippen LogP contribution is 2.38. The molecule has 1 N–H and O–H groups in total. The SMILES string of the molecule is CCCCC1(O)CCN2CCCCC21. The van der Waals surface area contributed by atoms with Crippen molar-refractivity contribution in [2.24, 2.45) is 0 Å². The molecular weight excluding hydrogens is 174 g/mol. The number of unbranched alkanes of at least 4 members (excludes halogenated alkanes) is 1. The van der Waals surface area contributed by atoms with Crippen LogP contribution in [0.5, 0.6) is 0 Å². The quantitative estimate of drug-likeness (QED) is 0.749. The summed E-state index contributed by atoms with van der Waals surface area (Å²) in [6.07, 6.45) is 8.29. The van der Waals surface area contributed by atoms with Gasteiger partial charge in [0, 0.05) is 12.6 Å². The topological polar surface area (TPSA) is 23.5 Å². The number of piperidine rings is 1. The van der Waals surface area contributed by atoms with E-state index in [2.05, 4.69) is 11.8 Å². The molecule has 2 atom stereocenters. The fraction of sp³-hybridized carbons (Fsp3) is 1.00. The van der Waals surface area contributed by atoms with Crippen molar-refractivity contribution in [1.82, 2.24) is 4.90 Å². The van der Waals surface area contributed by atoms with E-state index in [1.807, 2.05) is 0 Å². The first-order valence-electron chi connectivity index (χ1n) is 6.23. The number of hydrogen-bond acceptors (Lipinski definition) is 2. The van der Waals surface area contributed by atoms with E-state index in [0.29, 0.717) is 6.04 Å². The summed E-state index contributed by atoms with van der Waals surface area (Å²) in [6, 6.07) is 0.489. The van der Waals surface area contributed by atoms with Gasteiger partial charge in [0.2, 0.25) is 0 Å². The fourth-order valence-corrected chi connectivity index (χ4v) is 3.15. The molecule has 0 aromatic carbocycles. The van der Waals surface area contributed by atoms with E-state index in [4.69, 9.17) is 0 Å². The summed E-state index contributed by atoms with van der Waals surface area (Å²) in [5, 5.41) is 10.6. The fourth-order valence-electron chi connectivity index (χ4n) is 3.15. The number of rotatable bonds is 3. The van der Waals surface area contributed by atoms with Crippen LogP contribution in [0.3, 0.4) is 0 Å². The lowest BCUT2D eigenvalue weighted by atomic mass is 9.85. The maximum Gasteiger partial charge on any atom is 0.0814 e. The van der Waals surface area contributed by atoms with Gasteiger partial charge in [-0.05, 0) is 32.2 Å². The van der Waals surface area contributed by atoms with Crippen molar-refractivity contribution in [1.29, 1.82) is 0 Å². The van der Waals surface area contributed by atoms with Gasteiger partial charge in [0.15, 0.2) is 0 Å². The van der Waals surface area contributed by atoms with E-state index in [1.165, 1.54) is 38.6 Å². The predicted octanol–water partition coefficient (Wildman–Crippen LogP) is 2.17. The minimum absolute atomic E-state index is 0.337. The zero-order valence-electron chi connectivity index (χ0n) is 9.34. The lowest BCUT2D eigenvalue weighted by Crippen LogP contribution is -2.46. The predicted molar refractivity (Wildman–Crippen MR) is 58.3 cm³/mol. The molecule has 2 heterocycles. The van der Waals surface area contributed by atoms with Crippen molar-refractivity contribution in [3.8, 4) is 0 Å². The molecule has 0 bridgehead atoms. The highest BCUT2D eigenvalue weighted by molar-refractivity contribution is 5.00. The first-order chi connectivity index (χ1) is 6.76. The molecule has 0 aromatic rings. The Morgan fingerprint density at radius 2 is 2.21 bits per heavy atom. The molecule has 2 rings (SSSR count). The van der Waals surface area contributed by atoms with E-state index in [9.17, 15) is 5.11 Å². The first kappa shape index (κ1) is 10.4. The number of nitrogens with zero attached hydrogens (tertiary/aromatic N) is 1. The zero-order chi connectivity index (χ0) is 10.0. The summed E-state index contributed by atoms with van der Waals surface area (Å²) in [6.45, 7) is 4.56. The van der Waals surface area contributed by atoms with Gasteiger partial charge in [0.05, 0.1) is 5.60 Å². The van der Waals surface area contributed by atoms with Gasteiger partial charge in [-0.1, -0.05) is 26.2 Å². The van der Waals surface area contributed by atoms with Crippen molar-refractivity contribution >= 4 is 0 Å². The number of aliphatic hydroxyl groups is 1. The average molecular weight is 197 g/mol. The lowest BCUT2D eigenvalue weighted by Gasteiger charge is -2.37. The molecule has 2 aliphatic heterocycles. The second-order valence-corrected chi connectivity index (χ2v) is 5.00. The van der Waals surface area contributed by atoms with Crippen LogP contribution in [0.2, 0.25) is 0 Å². The van der Waals surface area contributed by atoms with Gasteiger partial charge in [-0.15, -0.1) is 0 Å². The smallest absolute Gasteiger partial charge is 0.0814 e. The van der Waals surface area contributed by atoms with Crippen LogP contribution in [0.25, 0.3) is 0 Å². The lowest BCUT2D eigenvalue weighted by molar-refractivity contribution is -0.0175. The van der Waals surface area contributed by atoms with E-state index in [1.54, 1.807) is 0 Å². The van der Waals surface area contributed by atoms with E-state index in [-0.39, 0.29) is 5.60 Å². The third kappa shape index (κ3) is 1.82. The van der Waals surface area contributed by atoms with Crippen LogP contribution < -0.4 is 0 Å². The molecule has 0 aliphatic carbocycles. The summed E-state index contributed by atoms with van der Waals surface area (Å²) < 4.78 is 0. The van der Waals surface area contributed by atoms with Crippen molar-refractivity contribution in [2.45, 2.75) is 63.5 Å². The van der Waals surface area contributed by atoms with Crippen molar-refractivity contribution in [3.63, 3.8) is 0 Å². The van der Waals surface area contributed by atoms with Crippen molar-refractivity contribution < 1.29 is 5.11 Å². The summed E-state index contributed by atoms with van der Waals surface area (Å²) in [5.41, 5.74) is -0.337. The Morgan fingerprint density at radius 3 is 3.00 bits per heavy atom. The van der Waals surface area contributed by atoms with Crippen LogP contribution in [-0.2, 0) is 0 Å². The average Bonchev–Trinajstić information content (AvgIpc) is 2.55. The molecule has 0 amide bonds. The van der Waals surface area contributed by atoms with Gasteiger partial charge in [-0.3, -0.25) is 4.90 Å². The molecule has 2 unspecified atom stereocenters. The molecule has 82 valence electrons. The first-order valence-corrected chi connectivity index (χ1v) is 6.23. The van der Waals surface area contributed by atoms with E-state index >= 15 is 0 Å². The van der Waals surface area contributed by atoms with Gasteiger partial charge in [-0.25, -0.2) is 0 Å². The third-order valence-electron chi connectivity index (χ3n) is 4.03. The van der Waals surface area contributed by atoms with E-state index in [0.717, 1.165) is 19.4 Å². The molecule has 0 aromatic heterocycles. The second-order valence-electron chi connectivity index (χ2n) is 5.00. The molecule has 0 radical (unpaired) electrons. The Kier molecular flexibility index (Phi) is 3.13. The van der Waals surface area contributed by atoms with Crippen LogP contribution in [-0.4, -0.2) is 34.7 Å². The molecule has 2 aliphatic rings. The molecule has 2 heteroatoms. The van der Waals surface area contributed by atoms with Crippen molar-refractivity contribution in [2.75, 3.05) is 13.1 Å². The zero-order valence-corrected chi connectivity index (χ0v) is 9.34. The second kappa shape index (κ2) is 4.19. The van der Waals surface area contributed by atoms with E-state index < -0.39 is 0 Å². The van der Waals surface area contributed by atoms with Gasteiger partial charge in [0.25, 0.3) is 0 Å². The molecule has 2 fully saturated rings. The van der Waals surface area contributed by atoms with Crippen LogP contribution in [0, 0.1) is 0 Å². The standard InChI is InChI=1S/C12H23NO/c1-2-3-7-12(14)8-10-13-9-5-4-6-11(12)13/h11,14H,2-10H2,1H3. The minimum atomic E-state index is -0.337. The Morgan fingerprint density at radius 1 is 1.36 bits per heavy atom. The number of hydrogen-bond donors (Lipinski definition) is 1. The third-order valence-corrected chi connectivity index (χ3v) is 4.03.